The Hall–Kier alpha value is -2.15. The number of hydrogen-bond acceptors (Lipinski definition) is 5. The molecule has 7 nitrogen and oxygen atoms in total. The molecule has 0 aliphatic carbocycles. The number of nitrogens with zero attached hydrogens (tertiary/aromatic N) is 5. The number of aromatic nitrogens is 6. The Labute approximate surface area is 107 Å². The van der Waals surface area contributed by atoms with Crippen molar-refractivity contribution in [1.29, 1.82) is 0 Å². The fourth-order valence-electron chi connectivity index (χ4n) is 1.65. The van der Waals surface area contributed by atoms with Gasteiger partial charge < -0.3 is 5.32 Å². The molecule has 8 heteroatoms. The second-order valence-corrected chi connectivity index (χ2v) is 4.17. The van der Waals surface area contributed by atoms with Gasteiger partial charge in [0, 0.05) is 7.05 Å². The molecule has 0 atom stereocenters. The zero-order chi connectivity index (χ0) is 12.7. The number of halogens is 1. The highest BCUT2D eigenvalue weighted by Crippen LogP contribution is 2.21. The first-order chi connectivity index (χ1) is 8.69. The lowest BCUT2D eigenvalue weighted by atomic mass is 10.4. The SMILES string of the molecule is CNc1nc(-n2cc(Cl)c(C)n2)c2cn[nH]c2n1. The van der Waals surface area contributed by atoms with Crippen molar-refractivity contribution in [3.8, 4) is 5.82 Å². The van der Waals surface area contributed by atoms with Crippen molar-refractivity contribution >= 4 is 28.6 Å². The van der Waals surface area contributed by atoms with Gasteiger partial charge in [0.15, 0.2) is 11.5 Å². The van der Waals surface area contributed by atoms with E-state index in [-0.39, 0.29) is 0 Å². The first-order valence-corrected chi connectivity index (χ1v) is 5.68. The summed E-state index contributed by atoms with van der Waals surface area (Å²) in [5.41, 5.74) is 1.39. The lowest BCUT2D eigenvalue weighted by Gasteiger charge is -2.04. The van der Waals surface area contributed by atoms with Gasteiger partial charge in [-0.15, -0.1) is 0 Å². The van der Waals surface area contributed by atoms with Crippen LogP contribution in [0.5, 0.6) is 0 Å². The number of aromatic amines is 1. The molecule has 3 aromatic rings. The summed E-state index contributed by atoms with van der Waals surface area (Å²) in [6.45, 7) is 1.84. The van der Waals surface area contributed by atoms with Crippen LogP contribution in [0.25, 0.3) is 16.9 Å². The van der Waals surface area contributed by atoms with E-state index in [1.807, 2.05) is 6.92 Å². The molecule has 0 bridgehead atoms. The molecule has 0 fully saturated rings. The molecule has 0 aromatic carbocycles. The van der Waals surface area contributed by atoms with Crippen LogP contribution in [0, 0.1) is 6.92 Å². The van der Waals surface area contributed by atoms with Crippen LogP contribution in [0.3, 0.4) is 0 Å². The Bertz CT molecular complexity index is 695. The van der Waals surface area contributed by atoms with Crippen LogP contribution in [-0.2, 0) is 0 Å². The van der Waals surface area contributed by atoms with Crippen LogP contribution >= 0.6 is 11.6 Å². The van der Waals surface area contributed by atoms with Gasteiger partial charge in [-0.25, -0.2) is 4.68 Å². The Kier molecular flexibility index (Phi) is 2.41. The molecule has 0 aliphatic heterocycles. The Balaban J connectivity index is 2.29. The smallest absolute Gasteiger partial charge is 0.226 e. The molecule has 3 rings (SSSR count). The Morgan fingerprint density at radius 1 is 1.39 bits per heavy atom. The van der Waals surface area contributed by atoms with Crippen LogP contribution in [0.1, 0.15) is 5.69 Å². The third-order valence-corrected chi connectivity index (χ3v) is 2.94. The number of nitrogens with one attached hydrogen (secondary N) is 2. The predicted molar refractivity (Wildman–Crippen MR) is 68.1 cm³/mol. The number of hydrogen-bond donors (Lipinski definition) is 2. The molecule has 0 unspecified atom stereocenters. The number of aryl methyl sites for hydroxylation is 1. The third kappa shape index (κ3) is 1.60. The van der Waals surface area contributed by atoms with Crippen molar-refractivity contribution in [3.63, 3.8) is 0 Å². The minimum atomic E-state index is 0.492. The Morgan fingerprint density at radius 2 is 2.22 bits per heavy atom. The largest absolute Gasteiger partial charge is 0.357 e. The van der Waals surface area contributed by atoms with E-state index in [4.69, 9.17) is 11.6 Å². The molecule has 18 heavy (non-hydrogen) atoms. The van der Waals surface area contributed by atoms with Gasteiger partial charge in [0.05, 0.1) is 28.5 Å². The number of anilines is 1. The standard InChI is InChI=1S/C10H10ClN7/c1-5-7(11)4-18(17-5)9-6-3-13-16-8(6)14-10(12-2)15-9/h3-4H,1-2H3,(H2,12,13,14,15,16). The average Bonchev–Trinajstić information content (AvgIpc) is 2.95. The molecule has 0 radical (unpaired) electrons. The first-order valence-electron chi connectivity index (χ1n) is 5.30. The molecule has 92 valence electrons. The maximum absolute atomic E-state index is 6.01. The summed E-state index contributed by atoms with van der Waals surface area (Å²) in [4.78, 5) is 8.63. The topological polar surface area (TPSA) is 84.3 Å². The van der Waals surface area contributed by atoms with E-state index in [0.29, 0.717) is 22.4 Å². The lowest BCUT2D eigenvalue weighted by Crippen LogP contribution is -2.04. The first kappa shape index (κ1) is 11.0. The summed E-state index contributed by atoms with van der Waals surface area (Å²) in [7, 11) is 1.75. The van der Waals surface area contributed by atoms with Crippen LogP contribution in [0.2, 0.25) is 5.02 Å². The van der Waals surface area contributed by atoms with Crippen molar-refractivity contribution in [2.24, 2.45) is 0 Å². The van der Waals surface area contributed by atoms with Gasteiger partial charge in [0.1, 0.15) is 0 Å². The molecular weight excluding hydrogens is 254 g/mol. The van der Waals surface area contributed by atoms with E-state index >= 15 is 0 Å². The van der Waals surface area contributed by atoms with E-state index < -0.39 is 0 Å². The van der Waals surface area contributed by atoms with Crippen LogP contribution < -0.4 is 5.32 Å². The maximum atomic E-state index is 6.01. The zero-order valence-corrected chi connectivity index (χ0v) is 10.5. The predicted octanol–water partition coefficient (Wildman–Crippen LogP) is 1.54. The molecule has 0 aliphatic rings. The monoisotopic (exact) mass is 263 g/mol. The van der Waals surface area contributed by atoms with Crippen LogP contribution in [-0.4, -0.2) is 37.0 Å². The van der Waals surface area contributed by atoms with Crippen molar-refractivity contribution < 1.29 is 0 Å². The molecular formula is C10H10ClN7. The minimum Gasteiger partial charge on any atom is -0.357 e. The number of H-pyrrole nitrogens is 1. The van der Waals surface area contributed by atoms with Gasteiger partial charge in [-0.1, -0.05) is 11.6 Å². The Morgan fingerprint density at radius 3 is 2.89 bits per heavy atom. The highest BCUT2D eigenvalue weighted by molar-refractivity contribution is 6.31. The number of fused-ring (bicyclic) bond motifs is 1. The fraction of sp³-hybridized carbons (Fsp3) is 0.200. The van der Waals surface area contributed by atoms with Crippen molar-refractivity contribution in [2.75, 3.05) is 12.4 Å². The summed E-state index contributed by atoms with van der Waals surface area (Å²) < 4.78 is 1.62. The highest BCUT2D eigenvalue weighted by Gasteiger charge is 2.13. The molecule has 0 saturated heterocycles. The van der Waals surface area contributed by atoms with Gasteiger partial charge in [-0.2, -0.15) is 20.2 Å². The summed E-state index contributed by atoms with van der Waals surface area (Å²) in [5, 5.41) is 15.4. The highest BCUT2D eigenvalue weighted by atomic mass is 35.5. The van der Waals surface area contributed by atoms with Gasteiger partial charge >= 0.3 is 0 Å². The summed E-state index contributed by atoms with van der Waals surface area (Å²) in [6, 6.07) is 0. The fourth-order valence-corrected chi connectivity index (χ4v) is 1.78. The second-order valence-electron chi connectivity index (χ2n) is 3.76. The van der Waals surface area contributed by atoms with Gasteiger partial charge in [-0.3, -0.25) is 5.10 Å². The molecule has 0 spiro atoms. The van der Waals surface area contributed by atoms with Gasteiger partial charge in [0.2, 0.25) is 5.95 Å². The second kappa shape index (κ2) is 3.95. The van der Waals surface area contributed by atoms with Gasteiger partial charge in [0.25, 0.3) is 0 Å². The summed E-state index contributed by atoms with van der Waals surface area (Å²) in [5.74, 6) is 1.12. The van der Waals surface area contributed by atoms with Crippen molar-refractivity contribution in [3.05, 3.63) is 23.1 Å². The van der Waals surface area contributed by atoms with E-state index in [0.717, 1.165) is 11.1 Å². The number of rotatable bonds is 2. The third-order valence-electron chi connectivity index (χ3n) is 2.57. The molecule has 3 aromatic heterocycles. The van der Waals surface area contributed by atoms with E-state index in [2.05, 4.69) is 30.6 Å². The van der Waals surface area contributed by atoms with E-state index in [1.165, 1.54) is 0 Å². The van der Waals surface area contributed by atoms with Crippen molar-refractivity contribution in [2.45, 2.75) is 6.92 Å². The molecule has 3 heterocycles. The zero-order valence-electron chi connectivity index (χ0n) is 9.77. The van der Waals surface area contributed by atoms with Gasteiger partial charge in [-0.05, 0) is 6.92 Å². The van der Waals surface area contributed by atoms with Crippen LogP contribution in [0.15, 0.2) is 12.4 Å². The normalized spacial score (nSPS) is 11.1. The molecule has 0 amide bonds. The quantitative estimate of drug-likeness (QED) is 0.733. The summed E-state index contributed by atoms with van der Waals surface area (Å²) in [6.07, 6.45) is 3.38. The molecule has 2 N–H and O–H groups in total. The van der Waals surface area contributed by atoms with E-state index in [1.54, 1.807) is 24.1 Å². The van der Waals surface area contributed by atoms with Crippen molar-refractivity contribution in [1.82, 2.24) is 29.9 Å². The summed E-state index contributed by atoms with van der Waals surface area (Å²) >= 11 is 6.01. The average molecular weight is 264 g/mol. The maximum Gasteiger partial charge on any atom is 0.226 e. The lowest BCUT2D eigenvalue weighted by molar-refractivity contribution is 0.837. The molecule has 0 saturated carbocycles. The minimum absolute atomic E-state index is 0.492. The van der Waals surface area contributed by atoms with E-state index in [9.17, 15) is 0 Å². The van der Waals surface area contributed by atoms with Crippen LogP contribution in [0.4, 0.5) is 5.95 Å².